The average Bonchev–Trinajstić information content (AvgIpc) is 2.76. The molecule has 0 saturated carbocycles. The number of rotatable bonds is 4. The zero-order valence-electron chi connectivity index (χ0n) is 16.8. The van der Waals surface area contributed by atoms with E-state index in [1.54, 1.807) is 0 Å². The average molecular weight is 458 g/mol. The lowest BCUT2D eigenvalue weighted by Gasteiger charge is -2.31. The van der Waals surface area contributed by atoms with Gasteiger partial charge >= 0.3 is 12.4 Å². The predicted molar refractivity (Wildman–Crippen MR) is 103 cm³/mol. The first-order valence-corrected chi connectivity index (χ1v) is 9.85. The van der Waals surface area contributed by atoms with Crippen molar-refractivity contribution in [2.24, 2.45) is 5.92 Å². The number of hydrogen-bond donors (Lipinski definition) is 1. The summed E-state index contributed by atoms with van der Waals surface area (Å²) in [6.07, 6.45) is -9.53. The molecule has 10 heteroatoms. The molecule has 32 heavy (non-hydrogen) atoms. The molecule has 0 aromatic heterocycles. The molecule has 0 bridgehead atoms. The van der Waals surface area contributed by atoms with Crippen LogP contribution in [0.5, 0.6) is 0 Å². The first-order chi connectivity index (χ1) is 14.9. The van der Waals surface area contributed by atoms with Gasteiger partial charge < -0.3 is 10.2 Å². The van der Waals surface area contributed by atoms with Gasteiger partial charge in [0.2, 0.25) is 5.91 Å². The van der Waals surface area contributed by atoms with Crippen LogP contribution < -0.4 is 5.32 Å². The van der Waals surface area contributed by atoms with E-state index in [0.717, 1.165) is 5.56 Å². The number of hydrogen-bond acceptors (Lipinski definition) is 2. The van der Waals surface area contributed by atoms with Crippen molar-refractivity contribution >= 4 is 11.8 Å². The summed E-state index contributed by atoms with van der Waals surface area (Å²) < 4.78 is 78.2. The standard InChI is InChI=1S/C22H20F6N2O2/c23-21(24,25)17-10-16(11-18(12-17)22(26,27)28)20(32)30-8-6-15(7-9-30)19(31)29-13-14-4-2-1-3-5-14/h1-5,10-12,15H,6-9,13H2,(H,29,31). The summed E-state index contributed by atoms with van der Waals surface area (Å²) in [6.45, 7) is 0.447. The van der Waals surface area contributed by atoms with E-state index in [0.29, 0.717) is 18.7 Å². The molecule has 2 aromatic carbocycles. The quantitative estimate of drug-likeness (QED) is 0.664. The fourth-order valence-corrected chi connectivity index (χ4v) is 3.54. The lowest BCUT2D eigenvalue weighted by atomic mass is 9.95. The Balaban J connectivity index is 1.65. The van der Waals surface area contributed by atoms with Crippen molar-refractivity contribution in [3.63, 3.8) is 0 Å². The summed E-state index contributed by atoms with van der Waals surface area (Å²) in [4.78, 5) is 26.2. The molecule has 2 amide bonds. The fourth-order valence-electron chi connectivity index (χ4n) is 3.54. The number of nitrogens with zero attached hydrogens (tertiary/aromatic N) is 1. The van der Waals surface area contributed by atoms with Crippen molar-refractivity contribution in [2.75, 3.05) is 13.1 Å². The van der Waals surface area contributed by atoms with Gasteiger partial charge in [-0.05, 0) is 36.6 Å². The van der Waals surface area contributed by atoms with Crippen molar-refractivity contribution in [3.8, 4) is 0 Å². The maximum Gasteiger partial charge on any atom is 0.416 e. The minimum absolute atomic E-state index is 0.0138. The number of carbonyl (C=O) groups is 2. The van der Waals surface area contributed by atoms with E-state index < -0.39 is 40.9 Å². The molecule has 3 rings (SSSR count). The summed E-state index contributed by atoms with van der Waals surface area (Å²) in [5.41, 5.74) is -2.84. The summed E-state index contributed by atoms with van der Waals surface area (Å²) in [5.74, 6) is -1.53. The number of piperidine rings is 1. The highest BCUT2D eigenvalue weighted by molar-refractivity contribution is 5.95. The molecule has 1 fully saturated rings. The van der Waals surface area contributed by atoms with Gasteiger partial charge in [-0.3, -0.25) is 9.59 Å². The second kappa shape index (κ2) is 9.22. The Morgan fingerprint density at radius 2 is 1.41 bits per heavy atom. The fraction of sp³-hybridized carbons (Fsp3) is 0.364. The third-order valence-corrected chi connectivity index (χ3v) is 5.30. The van der Waals surface area contributed by atoms with Gasteiger partial charge in [-0.2, -0.15) is 26.3 Å². The molecular weight excluding hydrogens is 438 g/mol. The molecule has 1 aliphatic rings. The smallest absolute Gasteiger partial charge is 0.352 e. The van der Waals surface area contributed by atoms with Crippen LogP contribution in [-0.2, 0) is 23.7 Å². The van der Waals surface area contributed by atoms with Crippen LogP contribution in [-0.4, -0.2) is 29.8 Å². The van der Waals surface area contributed by atoms with E-state index in [-0.39, 0.29) is 37.9 Å². The number of carbonyl (C=O) groups excluding carboxylic acids is 2. The Kier molecular flexibility index (Phi) is 6.80. The summed E-state index contributed by atoms with van der Waals surface area (Å²) in [6, 6.07) is 10.1. The Morgan fingerprint density at radius 1 is 0.875 bits per heavy atom. The van der Waals surface area contributed by atoms with Crippen molar-refractivity contribution in [1.82, 2.24) is 10.2 Å². The second-order valence-corrected chi connectivity index (χ2v) is 7.56. The number of benzene rings is 2. The van der Waals surface area contributed by atoms with Crippen molar-refractivity contribution < 1.29 is 35.9 Å². The Labute approximate surface area is 180 Å². The predicted octanol–water partition coefficient (Wildman–Crippen LogP) is 4.89. The van der Waals surface area contributed by atoms with Gasteiger partial charge in [0.15, 0.2) is 0 Å². The van der Waals surface area contributed by atoms with Crippen molar-refractivity contribution in [1.29, 1.82) is 0 Å². The number of alkyl halides is 6. The van der Waals surface area contributed by atoms with E-state index in [1.165, 1.54) is 4.90 Å². The van der Waals surface area contributed by atoms with E-state index in [1.807, 2.05) is 30.3 Å². The van der Waals surface area contributed by atoms with Crippen LogP contribution in [0.1, 0.15) is 39.9 Å². The van der Waals surface area contributed by atoms with Gasteiger partial charge in [0.25, 0.3) is 5.91 Å². The number of likely N-dealkylation sites (tertiary alicyclic amines) is 1. The minimum Gasteiger partial charge on any atom is -0.352 e. The summed E-state index contributed by atoms with van der Waals surface area (Å²) in [7, 11) is 0. The van der Waals surface area contributed by atoms with E-state index in [4.69, 9.17) is 0 Å². The van der Waals surface area contributed by atoms with Gasteiger partial charge in [0, 0.05) is 31.1 Å². The van der Waals surface area contributed by atoms with Crippen LogP contribution >= 0.6 is 0 Å². The van der Waals surface area contributed by atoms with Crippen LogP contribution in [0.3, 0.4) is 0 Å². The van der Waals surface area contributed by atoms with E-state index in [9.17, 15) is 35.9 Å². The molecule has 172 valence electrons. The molecule has 1 aliphatic heterocycles. The minimum atomic E-state index is -5.03. The van der Waals surface area contributed by atoms with Crippen LogP contribution in [0, 0.1) is 5.92 Å². The molecular formula is C22H20F6N2O2. The Morgan fingerprint density at radius 3 is 1.91 bits per heavy atom. The zero-order valence-corrected chi connectivity index (χ0v) is 16.8. The topological polar surface area (TPSA) is 49.4 Å². The van der Waals surface area contributed by atoms with Gasteiger partial charge in [-0.1, -0.05) is 30.3 Å². The summed E-state index contributed by atoms with van der Waals surface area (Å²) >= 11 is 0. The van der Waals surface area contributed by atoms with Crippen LogP contribution in [0.25, 0.3) is 0 Å². The zero-order chi connectivity index (χ0) is 23.5. The molecule has 1 heterocycles. The lowest BCUT2D eigenvalue weighted by Crippen LogP contribution is -2.43. The van der Waals surface area contributed by atoms with Crippen LogP contribution in [0.2, 0.25) is 0 Å². The highest BCUT2D eigenvalue weighted by atomic mass is 19.4. The highest BCUT2D eigenvalue weighted by Crippen LogP contribution is 2.36. The molecule has 1 N–H and O–H groups in total. The maximum absolute atomic E-state index is 13.0. The lowest BCUT2D eigenvalue weighted by molar-refractivity contribution is -0.143. The second-order valence-electron chi connectivity index (χ2n) is 7.56. The maximum atomic E-state index is 13.0. The monoisotopic (exact) mass is 458 g/mol. The third kappa shape index (κ3) is 5.80. The largest absolute Gasteiger partial charge is 0.416 e. The normalized spacial score (nSPS) is 15.5. The van der Waals surface area contributed by atoms with Gasteiger partial charge in [-0.15, -0.1) is 0 Å². The van der Waals surface area contributed by atoms with Gasteiger partial charge in [0.05, 0.1) is 11.1 Å². The molecule has 1 saturated heterocycles. The summed E-state index contributed by atoms with van der Waals surface area (Å²) in [5, 5.41) is 2.80. The SMILES string of the molecule is O=C(NCc1ccccc1)C1CCN(C(=O)c2cc(C(F)(F)F)cc(C(F)(F)F)c2)CC1. The third-order valence-electron chi connectivity index (χ3n) is 5.30. The van der Waals surface area contributed by atoms with Crippen LogP contribution in [0.15, 0.2) is 48.5 Å². The number of halogens is 6. The molecule has 0 radical (unpaired) electrons. The van der Waals surface area contributed by atoms with E-state index >= 15 is 0 Å². The van der Waals surface area contributed by atoms with Gasteiger partial charge in [0.1, 0.15) is 0 Å². The number of amides is 2. The van der Waals surface area contributed by atoms with E-state index in [2.05, 4.69) is 5.32 Å². The molecule has 2 aromatic rings. The molecule has 0 atom stereocenters. The Bertz CT molecular complexity index is 932. The Hall–Kier alpha value is -3.04. The molecule has 0 unspecified atom stereocenters. The molecule has 0 spiro atoms. The molecule has 4 nitrogen and oxygen atoms in total. The van der Waals surface area contributed by atoms with Crippen molar-refractivity contribution in [2.45, 2.75) is 31.7 Å². The van der Waals surface area contributed by atoms with Crippen LogP contribution in [0.4, 0.5) is 26.3 Å². The van der Waals surface area contributed by atoms with Crippen molar-refractivity contribution in [3.05, 3.63) is 70.8 Å². The first-order valence-electron chi connectivity index (χ1n) is 9.85. The molecule has 0 aliphatic carbocycles. The number of nitrogens with one attached hydrogen (secondary N) is 1. The first kappa shape index (κ1) is 23.6. The highest BCUT2D eigenvalue weighted by Gasteiger charge is 2.38. The van der Waals surface area contributed by atoms with Gasteiger partial charge in [-0.25, -0.2) is 0 Å².